The van der Waals surface area contributed by atoms with Crippen molar-refractivity contribution < 1.29 is 4.79 Å². The zero-order valence-corrected chi connectivity index (χ0v) is 9.97. The van der Waals surface area contributed by atoms with Crippen LogP contribution >= 0.6 is 0 Å². The van der Waals surface area contributed by atoms with E-state index in [0.29, 0.717) is 6.04 Å². The van der Waals surface area contributed by atoms with Gasteiger partial charge in [0.05, 0.1) is 6.17 Å². The molecule has 3 unspecified atom stereocenters. The van der Waals surface area contributed by atoms with E-state index in [-0.39, 0.29) is 24.2 Å². The molecule has 0 radical (unpaired) electrons. The molecule has 3 aliphatic rings. The lowest BCUT2D eigenvalue weighted by molar-refractivity contribution is 0.0580. The molecule has 2 heterocycles. The molecular weight excluding hydrogens is 228 g/mol. The summed E-state index contributed by atoms with van der Waals surface area (Å²) in [6.07, 6.45) is 2.06. The Morgan fingerprint density at radius 2 is 2.00 bits per heavy atom. The molecule has 1 saturated heterocycles. The van der Waals surface area contributed by atoms with Gasteiger partial charge in [-0.15, -0.1) is 0 Å². The number of hydrogen-bond donors (Lipinski definition) is 3. The lowest BCUT2D eigenvalue weighted by Crippen LogP contribution is -2.53. The quantitative estimate of drug-likeness (QED) is 0.655. The lowest BCUT2D eigenvalue weighted by atomic mass is 9.85. The average Bonchev–Trinajstić information content (AvgIpc) is 3.14. The van der Waals surface area contributed by atoms with Crippen molar-refractivity contribution in [3.63, 3.8) is 0 Å². The van der Waals surface area contributed by atoms with Crippen LogP contribution in [0.1, 0.15) is 34.7 Å². The van der Waals surface area contributed by atoms with Crippen LogP contribution in [-0.4, -0.2) is 29.2 Å². The third-order valence-electron chi connectivity index (χ3n) is 4.15. The predicted octanol–water partition coefficient (Wildman–Crippen LogP) is 0.107. The maximum atomic E-state index is 12.6. The van der Waals surface area contributed by atoms with Crippen LogP contribution in [0, 0.1) is 0 Å². The number of rotatable bonds is 1. The Balaban J connectivity index is 1.86. The van der Waals surface area contributed by atoms with Crippen LogP contribution in [0.3, 0.4) is 0 Å². The van der Waals surface area contributed by atoms with E-state index >= 15 is 0 Å². The summed E-state index contributed by atoms with van der Waals surface area (Å²) < 4.78 is 0. The van der Waals surface area contributed by atoms with Crippen LogP contribution < -0.4 is 16.6 Å². The van der Waals surface area contributed by atoms with E-state index < -0.39 is 0 Å². The molecule has 1 aliphatic carbocycles. The summed E-state index contributed by atoms with van der Waals surface area (Å²) >= 11 is 0. The summed E-state index contributed by atoms with van der Waals surface area (Å²) in [4.78, 5) is 14.5. The Kier molecular flexibility index (Phi) is 2.06. The third-order valence-corrected chi connectivity index (χ3v) is 4.15. The average molecular weight is 244 g/mol. The summed E-state index contributed by atoms with van der Waals surface area (Å²) in [6.45, 7) is 0. The fourth-order valence-corrected chi connectivity index (χ4v) is 3.16. The van der Waals surface area contributed by atoms with Crippen molar-refractivity contribution in [3.05, 3.63) is 35.4 Å². The Hall–Kier alpha value is -1.43. The van der Waals surface area contributed by atoms with Crippen molar-refractivity contribution in [2.45, 2.75) is 37.1 Å². The van der Waals surface area contributed by atoms with Gasteiger partial charge in [-0.05, 0) is 24.5 Å². The van der Waals surface area contributed by atoms with E-state index in [1.165, 1.54) is 0 Å². The lowest BCUT2D eigenvalue weighted by Gasteiger charge is -2.38. The Labute approximate surface area is 105 Å². The molecule has 0 spiro atoms. The molecule has 4 N–H and O–H groups in total. The fourth-order valence-electron chi connectivity index (χ4n) is 3.16. The summed E-state index contributed by atoms with van der Waals surface area (Å²) in [6, 6.07) is 8.21. The van der Waals surface area contributed by atoms with E-state index in [1.807, 2.05) is 29.2 Å². The fraction of sp³-hybridized carbons (Fsp3) is 0.462. The molecular formula is C13H16N4O. The number of hydrogen-bond acceptors (Lipinski definition) is 4. The van der Waals surface area contributed by atoms with Gasteiger partial charge in [-0.1, -0.05) is 18.2 Å². The van der Waals surface area contributed by atoms with Crippen LogP contribution in [0.25, 0.3) is 0 Å². The number of hydrazine groups is 1. The molecule has 3 atom stereocenters. The van der Waals surface area contributed by atoms with Gasteiger partial charge >= 0.3 is 0 Å². The Morgan fingerprint density at radius 1 is 1.22 bits per heavy atom. The molecule has 1 aromatic carbocycles. The minimum absolute atomic E-state index is 0.00472. The second kappa shape index (κ2) is 3.54. The van der Waals surface area contributed by atoms with Crippen molar-refractivity contribution >= 4 is 5.91 Å². The number of nitrogens with two attached hydrogens (primary N) is 1. The van der Waals surface area contributed by atoms with Crippen molar-refractivity contribution in [2.75, 3.05) is 0 Å². The predicted molar refractivity (Wildman–Crippen MR) is 66.4 cm³/mol. The van der Waals surface area contributed by atoms with Crippen LogP contribution in [0.4, 0.5) is 0 Å². The van der Waals surface area contributed by atoms with Crippen molar-refractivity contribution in [1.82, 2.24) is 15.8 Å². The molecule has 2 aliphatic heterocycles. The van der Waals surface area contributed by atoms with Gasteiger partial charge in [0, 0.05) is 17.5 Å². The largest absolute Gasteiger partial charge is 0.318 e. The first-order valence-electron chi connectivity index (χ1n) is 6.45. The third kappa shape index (κ3) is 1.29. The van der Waals surface area contributed by atoms with Crippen molar-refractivity contribution in [1.29, 1.82) is 0 Å². The van der Waals surface area contributed by atoms with Gasteiger partial charge in [0.25, 0.3) is 5.91 Å². The number of carbonyl (C=O) groups excluding carboxylic acids is 1. The highest BCUT2D eigenvalue weighted by Crippen LogP contribution is 2.41. The minimum Gasteiger partial charge on any atom is -0.318 e. The first-order valence-corrected chi connectivity index (χ1v) is 6.45. The van der Waals surface area contributed by atoms with E-state index in [1.54, 1.807) is 0 Å². The van der Waals surface area contributed by atoms with Gasteiger partial charge in [0.2, 0.25) is 0 Å². The number of carbonyl (C=O) groups is 1. The number of amides is 1. The summed E-state index contributed by atoms with van der Waals surface area (Å²) in [7, 11) is 0. The van der Waals surface area contributed by atoms with Gasteiger partial charge in [0.1, 0.15) is 6.17 Å². The monoisotopic (exact) mass is 244 g/mol. The van der Waals surface area contributed by atoms with Gasteiger partial charge in [0.15, 0.2) is 0 Å². The van der Waals surface area contributed by atoms with E-state index in [4.69, 9.17) is 5.73 Å². The highest BCUT2D eigenvalue weighted by molar-refractivity contribution is 5.98. The molecule has 1 aromatic rings. The highest BCUT2D eigenvalue weighted by Gasteiger charge is 2.50. The molecule has 4 rings (SSSR count). The molecule has 1 amide bonds. The van der Waals surface area contributed by atoms with Crippen LogP contribution in [0.15, 0.2) is 24.3 Å². The first kappa shape index (κ1) is 10.5. The molecule has 2 fully saturated rings. The van der Waals surface area contributed by atoms with Crippen LogP contribution in [-0.2, 0) is 0 Å². The van der Waals surface area contributed by atoms with E-state index in [2.05, 4.69) is 10.9 Å². The maximum absolute atomic E-state index is 12.6. The standard InChI is InChI=1S/C13H16N4O/c14-11-10-8-3-1-2-4-9(8)13(18)17(7-5-6-7)12(10)16-15-11/h1-4,7,10-12,15-16H,5-6,14H2. The van der Waals surface area contributed by atoms with Gasteiger partial charge in [-0.25, -0.2) is 10.9 Å². The number of fused-ring (bicyclic) bond motifs is 3. The SMILES string of the molecule is NC1NNC2C1c1ccccc1C(=O)N2C1CC1. The smallest absolute Gasteiger partial charge is 0.255 e. The molecule has 0 bridgehead atoms. The van der Waals surface area contributed by atoms with Gasteiger partial charge in [-0.3, -0.25) is 4.79 Å². The molecule has 94 valence electrons. The zero-order valence-electron chi connectivity index (χ0n) is 9.97. The number of nitrogens with zero attached hydrogens (tertiary/aromatic N) is 1. The molecule has 18 heavy (non-hydrogen) atoms. The molecule has 5 heteroatoms. The number of benzene rings is 1. The zero-order chi connectivity index (χ0) is 12.3. The maximum Gasteiger partial charge on any atom is 0.255 e. The summed E-state index contributed by atoms with van der Waals surface area (Å²) in [5.41, 5.74) is 14.2. The number of nitrogens with one attached hydrogen (secondary N) is 2. The molecule has 0 aromatic heterocycles. The Bertz CT molecular complexity index is 513. The molecule has 1 saturated carbocycles. The van der Waals surface area contributed by atoms with Crippen LogP contribution in [0.5, 0.6) is 0 Å². The summed E-state index contributed by atoms with van der Waals surface area (Å²) in [5, 5.41) is 0. The molecule has 5 nitrogen and oxygen atoms in total. The Morgan fingerprint density at radius 3 is 2.78 bits per heavy atom. The topological polar surface area (TPSA) is 70.4 Å². The minimum atomic E-state index is -0.148. The van der Waals surface area contributed by atoms with Gasteiger partial charge < -0.3 is 10.6 Å². The highest BCUT2D eigenvalue weighted by atomic mass is 16.2. The first-order chi connectivity index (χ1) is 8.77. The second-order valence-electron chi connectivity index (χ2n) is 5.32. The van der Waals surface area contributed by atoms with E-state index in [0.717, 1.165) is 24.0 Å². The van der Waals surface area contributed by atoms with Crippen LogP contribution in [0.2, 0.25) is 0 Å². The van der Waals surface area contributed by atoms with Crippen molar-refractivity contribution in [2.24, 2.45) is 5.73 Å². The summed E-state index contributed by atoms with van der Waals surface area (Å²) in [5.74, 6) is 0.275. The van der Waals surface area contributed by atoms with E-state index in [9.17, 15) is 4.79 Å². The van der Waals surface area contributed by atoms with Crippen molar-refractivity contribution in [3.8, 4) is 0 Å². The second-order valence-corrected chi connectivity index (χ2v) is 5.32. The normalized spacial score (nSPS) is 34.4. The van der Waals surface area contributed by atoms with Gasteiger partial charge in [-0.2, -0.15) is 0 Å².